The number of thiophene rings is 1. The predicted molar refractivity (Wildman–Crippen MR) is 71.3 cm³/mol. The topological polar surface area (TPSA) is 49.8 Å². The second-order valence-electron chi connectivity index (χ2n) is 3.49. The van der Waals surface area contributed by atoms with Gasteiger partial charge in [-0.05, 0) is 24.6 Å². The average Bonchev–Trinajstić information content (AvgIpc) is 2.59. The van der Waals surface area contributed by atoms with E-state index in [0.29, 0.717) is 10.6 Å². The van der Waals surface area contributed by atoms with Gasteiger partial charge in [0, 0.05) is 14.9 Å². The summed E-state index contributed by atoms with van der Waals surface area (Å²) in [6, 6.07) is 10.1. The third-order valence-electron chi connectivity index (χ3n) is 2.25. The van der Waals surface area contributed by atoms with Gasteiger partial charge in [0.15, 0.2) is 0 Å². The lowest BCUT2D eigenvalue weighted by molar-refractivity contribution is 1.45. The van der Waals surface area contributed by atoms with Crippen LogP contribution in [-0.2, 0) is 0 Å². The molecule has 0 fully saturated rings. The highest BCUT2D eigenvalue weighted by atomic mass is 79.9. The van der Waals surface area contributed by atoms with Gasteiger partial charge >= 0.3 is 0 Å². The number of hydrogen-bond acceptors (Lipinski definition) is 3. The molecule has 4 heteroatoms. The fourth-order valence-corrected chi connectivity index (χ4v) is 3.20. The van der Waals surface area contributed by atoms with Gasteiger partial charge in [0.25, 0.3) is 0 Å². The zero-order valence-electron chi connectivity index (χ0n) is 8.62. The first-order chi connectivity index (χ1) is 7.61. The second-order valence-corrected chi connectivity index (χ2v) is 5.40. The largest absolute Gasteiger partial charge is 0.397 e. The van der Waals surface area contributed by atoms with Gasteiger partial charge < -0.3 is 5.73 Å². The second kappa shape index (κ2) is 4.28. The molecule has 0 saturated heterocycles. The van der Waals surface area contributed by atoms with Crippen molar-refractivity contribution in [2.75, 3.05) is 5.73 Å². The third-order valence-corrected chi connectivity index (χ3v) is 4.00. The first kappa shape index (κ1) is 11.2. The Morgan fingerprint density at radius 3 is 2.69 bits per heavy atom. The van der Waals surface area contributed by atoms with Crippen LogP contribution >= 0.6 is 27.3 Å². The quantitative estimate of drug-likeness (QED) is 0.865. The molecule has 0 spiro atoms. The van der Waals surface area contributed by atoms with Crippen LogP contribution < -0.4 is 5.73 Å². The zero-order chi connectivity index (χ0) is 11.7. The van der Waals surface area contributed by atoms with Crippen LogP contribution in [0.5, 0.6) is 0 Å². The lowest BCUT2D eigenvalue weighted by Crippen LogP contribution is -1.82. The van der Waals surface area contributed by atoms with E-state index >= 15 is 0 Å². The Morgan fingerprint density at radius 1 is 1.38 bits per heavy atom. The Kier molecular flexibility index (Phi) is 2.99. The number of hydrogen-bond donors (Lipinski definition) is 1. The van der Waals surface area contributed by atoms with Crippen molar-refractivity contribution < 1.29 is 0 Å². The number of aryl methyl sites for hydroxylation is 1. The van der Waals surface area contributed by atoms with E-state index in [1.807, 2.05) is 25.1 Å². The molecule has 2 nitrogen and oxygen atoms in total. The molecular weight excluding hydrogens is 284 g/mol. The van der Waals surface area contributed by atoms with Crippen LogP contribution in [0.15, 0.2) is 28.7 Å². The van der Waals surface area contributed by atoms with Gasteiger partial charge in [-0.15, -0.1) is 11.3 Å². The highest BCUT2D eigenvalue weighted by Crippen LogP contribution is 2.36. The number of rotatable bonds is 1. The minimum Gasteiger partial charge on any atom is -0.397 e. The van der Waals surface area contributed by atoms with Gasteiger partial charge in [-0.25, -0.2) is 0 Å². The Bertz CT molecular complexity index is 581. The molecule has 1 aromatic heterocycles. The molecular formula is C12H9BrN2S. The van der Waals surface area contributed by atoms with Crippen molar-refractivity contribution in [1.82, 2.24) is 0 Å². The summed E-state index contributed by atoms with van der Waals surface area (Å²) in [7, 11) is 0. The number of nitriles is 1. The van der Waals surface area contributed by atoms with Crippen LogP contribution in [0.1, 0.15) is 10.4 Å². The van der Waals surface area contributed by atoms with E-state index in [1.165, 1.54) is 16.9 Å². The van der Waals surface area contributed by atoms with Gasteiger partial charge in [0.2, 0.25) is 0 Å². The molecule has 0 aliphatic heterocycles. The van der Waals surface area contributed by atoms with Crippen molar-refractivity contribution in [3.05, 3.63) is 39.2 Å². The highest BCUT2D eigenvalue weighted by molar-refractivity contribution is 9.10. The molecule has 0 radical (unpaired) electrons. The molecule has 0 amide bonds. The van der Waals surface area contributed by atoms with Crippen molar-refractivity contribution in [3.63, 3.8) is 0 Å². The molecule has 80 valence electrons. The lowest BCUT2D eigenvalue weighted by Gasteiger charge is -2.02. The van der Waals surface area contributed by atoms with Gasteiger partial charge in [-0.3, -0.25) is 0 Å². The molecule has 1 aromatic carbocycles. The first-order valence-electron chi connectivity index (χ1n) is 4.67. The Morgan fingerprint density at radius 2 is 2.12 bits per heavy atom. The van der Waals surface area contributed by atoms with E-state index in [4.69, 9.17) is 11.0 Å². The van der Waals surface area contributed by atoms with Crippen LogP contribution in [0.25, 0.3) is 10.4 Å². The maximum absolute atomic E-state index is 8.86. The van der Waals surface area contributed by atoms with Crippen LogP contribution in [0.3, 0.4) is 0 Å². The van der Waals surface area contributed by atoms with E-state index in [2.05, 4.69) is 28.1 Å². The molecule has 0 saturated carbocycles. The van der Waals surface area contributed by atoms with E-state index < -0.39 is 0 Å². The summed E-state index contributed by atoms with van der Waals surface area (Å²) >= 11 is 4.94. The van der Waals surface area contributed by atoms with Gasteiger partial charge in [0.05, 0.1) is 5.69 Å². The summed E-state index contributed by atoms with van der Waals surface area (Å²) in [4.78, 5) is 1.59. The van der Waals surface area contributed by atoms with Gasteiger partial charge in [-0.2, -0.15) is 5.26 Å². The molecule has 1 heterocycles. The fourth-order valence-electron chi connectivity index (χ4n) is 1.45. The molecule has 2 aromatic rings. The molecule has 0 aliphatic rings. The third kappa shape index (κ3) is 1.97. The Labute approximate surface area is 106 Å². The number of nitrogens with two attached hydrogens (primary N) is 1. The molecule has 0 unspecified atom stereocenters. The van der Waals surface area contributed by atoms with Crippen LogP contribution in [0.4, 0.5) is 5.69 Å². The summed E-state index contributed by atoms with van der Waals surface area (Å²) in [5.41, 5.74) is 8.56. The number of anilines is 1. The molecule has 0 atom stereocenters. The van der Waals surface area contributed by atoms with E-state index in [0.717, 1.165) is 14.9 Å². The maximum atomic E-state index is 8.86. The Hall–Kier alpha value is -1.31. The smallest absolute Gasteiger partial charge is 0.128 e. The maximum Gasteiger partial charge on any atom is 0.128 e. The first-order valence-corrected chi connectivity index (χ1v) is 6.28. The zero-order valence-corrected chi connectivity index (χ0v) is 11.0. The molecule has 2 rings (SSSR count). The summed E-state index contributed by atoms with van der Waals surface area (Å²) in [5, 5.41) is 8.86. The van der Waals surface area contributed by atoms with Crippen LogP contribution in [0, 0.1) is 18.3 Å². The summed E-state index contributed by atoms with van der Waals surface area (Å²) < 4.78 is 1.03. The van der Waals surface area contributed by atoms with Gasteiger partial charge in [0.1, 0.15) is 10.9 Å². The molecule has 0 aliphatic carbocycles. The van der Waals surface area contributed by atoms with E-state index in [1.54, 1.807) is 0 Å². The summed E-state index contributed by atoms with van der Waals surface area (Å²) in [5.74, 6) is 0. The van der Waals surface area contributed by atoms with Crippen LogP contribution in [-0.4, -0.2) is 0 Å². The standard InChI is InChI=1S/C12H9BrN2S/c1-7-2-3-8(9(13)4-7)11-5-10(15)12(6-14)16-11/h2-5H,15H2,1H3. The molecule has 16 heavy (non-hydrogen) atoms. The number of halogens is 1. The highest BCUT2D eigenvalue weighted by Gasteiger charge is 2.10. The number of nitrogens with zero attached hydrogens (tertiary/aromatic N) is 1. The lowest BCUT2D eigenvalue weighted by atomic mass is 10.1. The minimum absolute atomic E-state index is 0.551. The normalized spacial score (nSPS) is 10.1. The van der Waals surface area contributed by atoms with Gasteiger partial charge in [-0.1, -0.05) is 28.1 Å². The van der Waals surface area contributed by atoms with Crippen molar-refractivity contribution in [2.45, 2.75) is 6.92 Å². The minimum atomic E-state index is 0.551. The number of nitrogen functional groups attached to an aromatic ring is 1. The SMILES string of the molecule is Cc1ccc(-c2cc(N)c(C#N)s2)c(Br)c1. The predicted octanol–water partition coefficient (Wildman–Crippen LogP) is 3.94. The van der Waals surface area contributed by atoms with E-state index in [-0.39, 0.29) is 0 Å². The van der Waals surface area contributed by atoms with Crippen molar-refractivity contribution >= 4 is 33.0 Å². The number of benzene rings is 1. The summed E-state index contributed by atoms with van der Waals surface area (Å²) in [6.07, 6.45) is 0. The molecule has 2 N–H and O–H groups in total. The van der Waals surface area contributed by atoms with E-state index in [9.17, 15) is 0 Å². The molecule has 0 bridgehead atoms. The van der Waals surface area contributed by atoms with Crippen molar-refractivity contribution in [3.8, 4) is 16.5 Å². The monoisotopic (exact) mass is 292 g/mol. The summed E-state index contributed by atoms with van der Waals surface area (Å²) in [6.45, 7) is 2.04. The Balaban J connectivity index is 2.55. The van der Waals surface area contributed by atoms with Crippen LogP contribution in [0.2, 0.25) is 0 Å². The average molecular weight is 293 g/mol. The fraction of sp³-hybridized carbons (Fsp3) is 0.0833. The van der Waals surface area contributed by atoms with Crippen molar-refractivity contribution in [2.24, 2.45) is 0 Å². The van der Waals surface area contributed by atoms with Crippen molar-refractivity contribution in [1.29, 1.82) is 5.26 Å².